The normalized spacial score (nSPS) is 11.6. The van der Waals surface area contributed by atoms with E-state index < -0.39 is 0 Å². The van der Waals surface area contributed by atoms with Crippen LogP contribution in [0, 0.1) is 13.8 Å². The summed E-state index contributed by atoms with van der Waals surface area (Å²) in [6, 6.07) is 18.8. The molecule has 34 heavy (non-hydrogen) atoms. The van der Waals surface area contributed by atoms with E-state index in [4.69, 9.17) is 0 Å². The molecular weight excluding hydrogens is 416 g/mol. The van der Waals surface area contributed by atoms with Crippen LogP contribution < -0.4 is 10.6 Å². The Morgan fingerprint density at radius 2 is 1.74 bits per heavy atom. The van der Waals surface area contributed by atoms with E-state index >= 15 is 0 Å². The van der Waals surface area contributed by atoms with Gasteiger partial charge in [-0.25, -0.2) is 9.97 Å². The highest BCUT2D eigenvalue weighted by Crippen LogP contribution is 2.31. The average Bonchev–Trinajstić information content (AvgIpc) is 2.86. The lowest BCUT2D eigenvalue weighted by Crippen LogP contribution is -2.23. The van der Waals surface area contributed by atoms with Crippen LogP contribution in [0.3, 0.4) is 0 Å². The van der Waals surface area contributed by atoms with Gasteiger partial charge in [-0.15, -0.1) is 11.5 Å². The monoisotopic (exact) mass is 448 g/mol. The fraction of sp³-hybridized carbons (Fsp3) is 0.200. The summed E-state index contributed by atoms with van der Waals surface area (Å²) in [5.74, 6) is 1.51. The van der Waals surface area contributed by atoms with E-state index in [0.29, 0.717) is 0 Å². The Kier molecular flexibility index (Phi) is 8.82. The van der Waals surface area contributed by atoms with Crippen LogP contribution in [0.5, 0.6) is 0 Å². The molecule has 2 N–H and O–H groups in total. The van der Waals surface area contributed by atoms with E-state index in [-0.39, 0.29) is 6.04 Å². The molecule has 0 saturated heterocycles. The predicted molar refractivity (Wildman–Crippen MR) is 145 cm³/mol. The SMILES string of the molecule is C=C=CNc1ncnc(NC(CC)/C(=C/c2ccccc2C)C(=C=CC)c2ccccc2)c1C. The lowest BCUT2D eigenvalue weighted by atomic mass is 9.89. The largest absolute Gasteiger partial charge is 0.363 e. The zero-order valence-corrected chi connectivity index (χ0v) is 20.4. The van der Waals surface area contributed by atoms with E-state index in [2.05, 4.69) is 107 Å². The highest BCUT2D eigenvalue weighted by atomic mass is 15.1. The number of benzene rings is 2. The zero-order chi connectivity index (χ0) is 24.3. The Labute approximate surface area is 203 Å². The second-order valence-electron chi connectivity index (χ2n) is 7.92. The molecule has 0 saturated carbocycles. The van der Waals surface area contributed by atoms with Gasteiger partial charge >= 0.3 is 0 Å². The molecule has 0 aliphatic rings. The Morgan fingerprint density at radius 1 is 1.03 bits per heavy atom. The second kappa shape index (κ2) is 12.2. The van der Waals surface area contributed by atoms with Crippen molar-refractivity contribution in [1.29, 1.82) is 0 Å². The molecule has 0 spiro atoms. The minimum Gasteiger partial charge on any atom is -0.363 e. The molecule has 1 aromatic heterocycles. The van der Waals surface area contributed by atoms with Crippen molar-refractivity contribution in [3.63, 3.8) is 0 Å². The number of hydrogen-bond donors (Lipinski definition) is 2. The summed E-state index contributed by atoms with van der Waals surface area (Å²) < 4.78 is 0. The number of rotatable bonds is 9. The van der Waals surface area contributed by atoms with Crippen LogP contribution in [0.15, 0.2) is 96.8 Å². The van der Waals surface area contributed by atoms with Crippen LogP contribution in [0.4, 0.5) is 11.6 Å². The van der Waals surface area contributed by atoms with Gasteiger partial charge in [0.05, 0.1) is 6.04 Å². The van der Waals surface area contributed by atoms with Crippen LogP contribution in [0.2, 0.25) is 0 Å². The van der Waals surface area contributed by atoms with Crippen molar-refractivity contribution in [3.05, 3.63) is 119 Å². The van der Waals surface area contributed by atoms with Gasteiger partial charge in [0.15, 0.2) is 0 Å². The maximum absolute atomic E-state index is 4.54. The summed E-state index contributed by atoms with van der Waals surface area (Å²) in [7, 11) is 0. The quantitative estimate of drug-likeness (QED) is 0.266. The fourth-order valence-electron chi connectivity index (χ4n) is 3.77. The van der Waals surface area contributed by atoms with Crippen molar-refractivity contribution in [2.45, 2.75) is 40.2 Å². The first-order valence-electron chi connectivity index (χ1n) is 11.5. The summed E-state index contributed by atoms with van der Waals surface area (Å²) in [4.78, 5) is 8.89. The molecule has 0 aliphatic heterocycles. The first-order valence-corrected chi connectivity index (χ1v) is 11.5. The number of aryl methyl sites for hydroxylation is 1. The van der Waals surface area contributed by atoms with Crippen LogP contribution in [-0.4, -0.2) is 16.0 Å². The fourth-order valence-corrected chi connectivity index (χ4v) is 3.77. The molecule has 1 heterocycles. The molecule has 1 atom stereocenters. The summed E-state index contributed by atoms with van der Waals surface area (Å²) in [6.45, 7) is 11.9. The van der Waals surface area contributed by atoms with Crippen molar-refractivity contribution >= 4 is 23.3 Å². The molecule has 0 radical (unpaired) electrons. The van der Waals surface area contributed by atoms with E-state index in [1.165, 1.54) is 11.1 Å². The number of anilines is 2. The summed E-state index contributed by atoms with van der Waals surface area (Å²) in [5.41, 5.74) is 12.9. The van der Waals surface area contributed by atoms with Gasteiger partial charge < -0.3 is 10.6 Å². The summed E-state index contributed by atoms with van der Waals surface area (Å²) >= 11 is 0. The molecular formula is C30H32N4. The van der Waals surface area contributed by atoms with Gasteiger partial charge in [-0.1, -0.05) is 68.1 Å². The number of aromatic nitrogens is 2. The summed E-state index contributed by atoms with van der Waals surface area (Å²) in [5, 5.41) is 6.79. The Balaban J connectivity index is 2.14. The molecule has 172 valence electrons. The number of nitrogens with one attached hydrogen (secondary N) is 2. The van der Waals surface area contributed by atoms with E-state index in [1.807, 2.05) is 26.0 Å². The van der Waals surface area contributed by atoms with Crippen LogP contribution in [-0.2, 0) is 0 Å². The first kappa shape index (κ1) is 24.5. The Hall–Kier alpha value is -4.10. The van der Waals surface area contributed by atoms with E-state index in [0.717, 1.165) is 40.3 Å². The number of nitrogens with zero attached hydrogens (tertiary/aromatic N) is 2. The Morgan fingerprint density at radius 3 is 2.41 bits per heavy atom. The van der Waals surface area contributed by atoms with E-state index in [9.17, 15) is 0 Å². The first-order chi connectivity index (χ1) is 16.6. The average molecular weight is 449 g/mol. The third-order valence-corrected chi connectivity index (χ3v) is 5.63. The maximum atomic E-state index is 4.54. The van der Waals surface area contributed by atoms with Crippen LogP contribution >= 0.6 is 0 Å². The molecule has 3 aromatic rings. The third-order valence-electron chi connectivity index (χ3n) is 5.63. The highest BCUT2D eigenvalue weighted by molar-refractivity contribution is 5.86. The van der Waals surface area contributed by atoms with Crippen molar-refractivity contribution in [3.8, 4) is 0 Å². The molecule has 0 bridgehead atoms. The lowest BCUT2D eigenvalue weighted by Gasteiger charge is -2.24. The topological polar surface area (TPSA) is 49.8 Å². The van der Waals surface area contributed by atoms with Gasteiger partial charge in [-0.05, 0) is 61.6 Å². The van der Waals surface area contributed by atoms with Gasteiger partial charge in [-0.3, -0.25) is 0 Å². The van der Waals surface area contributed by atoms with Crippen molar-refractivity contribution in [2.75, 3.05) is 10.6 Å². The van der Waals surface area contributed by atoms with Crippen LogP contribution in [0.1, 0.15) is 42.5 Å². The molecule has 0 fully saturated rings. The highest BCUT2D eigenvalue weighted by Gasteiger charge is 2.20. The minimum absolute atomic E-state index is 0.00124. The molecule has 2 aromatic carbocycles. The predicted octanol–water partition coefficient (Wildman–Crippen LogP) is 7.34. The van der Waals surface area contributed by atoms with Gasteiger partial charge in [-0.2, -0.15) is 0 Å². The Bertz CT molecular complexity index is 1260. The molecule has 0 aliphatic carbocycles. The van der Waals surface area contributed by atoms with Crippen LogP contribution in [0.25, 0.3) is 11.6 Å². The summed E-state index contributed by atoms with van der Waals surface area (Å²) in [6.07, 6.45) is 8.30. The molecule has 4 nitrogen and oxygen atoms in total. The minimum atomic E-state index is -0.00124. The van der Waals surface area contributed by atoms with Crippen molar-refractivity contribution < 1.29 is 0 Å². The van der Waals surface area contributed by atoms with Gasteiger partial charge in [0.25, 0.3) is 0 Å². The van der Waals surface area contributed by atoms with E-state index in [1.54, 1.807) is 12.5 Å². The van der Waals surface area contributed by atoms with Crippen molar-refractivity contribution in [1.82, 2.24) is 9.97 Å². The molecule has 1 unspecified atom stereocenters. The lowest BCUT2D eigenvalue weighted by molar-refractivity contribution is 0.804. The van der Waals surface area contributed by atoms with Crippen molar-refractivity contribution in [2.24, 2.45) is 0 Å². The zero-order valence-electron chi connectivity index (χ0n) is 20.4. The standard InChI is InChI=1S/C30H32N4/c1-6-14-26(24-16-10-9-11-17-24)27(20-25-18-13-12-15-22(25)4)28(8-3)34-30-23(5)29(31-19-7-2)32-21-33-30/h6,9-13,15-21,28H,2,8H2,1,3-5H3,(H2,31,32,33,34)/b27-20+. The molecule has 4 heteroatoms. The maximum Gasteiger partial charge on any atom is 0.138 e. The third kappa shape index (κ3) is 6.02. The van der Waals surface area contributed by atoms with Gasteiger partial charge in [0, 0.05) is 17.3 Å². The second-order valence-corrected chi connectivity index (χ2v) is 7.92. The van der Waals surface area contributed by atoms with Gasteiger partial charge in [0.1, 0.15) is 18.0 Å². The molecule has 0 amide bonds. The smallest absolute Gasteiger partial charge is 0.138 e. The number of hydrogen-bond acceptors (Lipinski definition) is 4. The van der Waals surface area contributed by atoms with Gasteiger partial charge in [0.2, 0.25) is 0 Å². The molecule has 3 rings (SSSR count).